The minimum absolute atomic E-state index is 0.287. The van der Waals surface area contributed by atoms with Crippen LogP contribution in [0.2, 0.25) is 0 Å². The van der Waals surface area contributed by atoms with Crippen molar-refractivity contribution in [1.29, 1.82) is 0 Å². The second-order valence-electron chi connectivity index (χ2n) is 4.73. The highest BCUT2D eigenvalue weighted by Gasteiger charge is 2.13. The Hall–Kier alpha value is -3.09. The monoisotopic (exact) mass is 312 g/mol. The number of carbonyl (C=O) groups is 1. The molecule has 3 aromatic heterocycles. The van der Waals surface area contributed by atoms with Gasteiger partial charge in [-0.25, -0.2) is 4.98 Å². The first kappa shape index (κ1) is 14.8. The van der Waals surface area contributed by atoms with Crippen molar-refractivity contribution >= 4 is 5.91 Å². The van der Waals surface area contributed by atoms with Crippen LogP contribution in [0.3, 0.4) is 0 Å². The third kappa shape index (κ3) is 3.39. The molecule has 118 valence electrons. The fourth-order valence-electron chi connectivity index (χ4n) is 2.09. The molecule has 7 nitrogen and oxygen atoms in total. The topological polar surface area (TPSA) is 93.0 Å². The lowest BCUT2D eigenvalue weighted by atomic mass is 10.2. The van der Waals surface area contributed by atoms with Gasteiger partial charge in [-0.3, -0.25) is 9.89 Å². The number of nitrogens with zero attached hydrogens (tertiary/aromatic N) is 2. The lowest BCUT2D eigenvalue weighted by molar-refractivity contribution is 0.0945. The zero-order valence-corrected chi connectivity index (χ0v) is 12.6. The van der Waals surface area contributed by atoms with E-state index in [4.69, 9.17) is 9.15 Å². The van der Waals surface area contributed by atoms with E-state index in [0.717, 1.165) is 5.56 Å². The number of hydrogen-bond acceptors (Lipinski definition) is 5. The summed E-state index contributed by atoms with van der Waals surface area (Å²) in [6.07, 6.45) is 3.22. The minimum Gasteiger partial charge on any atom is -0.478 e. The summed E-state index contributed by atoms with van der Waals surface area (Å²) in [7, 11) is 0. The summed E-state index contributed by atoms with van der Waals surface area (Å²) < 4.78 is 10.7. The molecule has 0 aliphatic rings. The molecule has 3 heterocycles. The summed E-state index contributed by atoms with van der Waals surface area (Å²) in [5, 5.41) is 9.58. The van der Waals surface area contributed by atoms with Crippen LogP contribution < -0.4 is 10.1 Å². The number of rotatable bonds is 6. The first-order chi connectivity index (χ1) is 11.3. The van der Waals surface area contributed by atoms with Crippen LogP contribution in [0, 0.1) is 0 Å². The second kappa shape index (κ2) is 6.78. The summed E-state index contributed by atoms with van der Waals surface area (Å²) >= 11 is 0. The molecule has 0 aliphatic carbocycles. The van der Waals surface area contributed by atoms with Crippen molar-refractivity contribution in [3.63, 3.8) is 0 Å². The van der Waals surface area contributed by atoms with Gasteiger partial charge in [-0.15, -0.1) is 0 Å². The summed E-state index contributed by atoms with van der Waals surface area (Å²) in [6, 6.07) is 8.86. The Bertz CT molecular complexity index is 780. The Labute approximate surface area is 132 Å². The predicted octanol–water partition coefficient (Wildman–Crippen LogP) is 2.39. The van der Waals surface area contributed by atoms with Crippen molar-refractivity contribution in [3.8, 4) is 17.3 Å². The molecule has 0 saturated heterocycles. The van der Waals surface area contributed by atoms with E-state index in [-0.39, 0.29) is 5.91 Å². The van der Waals surface area contributed by atoms with Gasteiger partial charge in [-0.1, -0.05) is 6.07 Å². The number of pyridine rings is 1. The molecule has 1 amide bonds. The molecule has 0 aliphatic heterocycles. The maximum absolute atomic E-state index is 12.2. The van der Waals surface area contributed by atoms with E-state index >= 15 is 0 Å². The molecular weight excluding hydrogens is 296 g/mol. The average molecular weight is 312 g/mol. The number of amides is 1. The van der Waals surface area contributed by atoms with Crippen LogP contribution in [0.25, 0.3) is 11.5 Å². The highest BCUT2D eigenvalue weighted by Crippen LogP contribution is 2.18. The highest BCUT2D eigenvalue weighted by molar-refractivity contribution is 5.93. The van der Waals surface area contributed by atoms with E-state index in [1.165, 1.54) is 0 Å². The van der Waals surface area contributed by atoms with Gasteiger partial charge in [0.15, 0.2) is 11.5 Å². The zero-order chi connectivity index (χ0) is 16.1. The van der Waals surface area contributed by atoms with E-state index in [9.17, 15) is 4.79 Å². The van der Waals surface area contributed by atoms with Crippen LogP contribution in [-0.2, 0) is 6.54 Å². The molecule has 0 saturated carbocycles. The number of carbonyl (C=O) groups excluding carboxylic acids is 1. The molecule has 23 heavy (non-hydrogen) atoms. The largest absolute Gasteiger partial charge is 0.478 e. The van der Waals surface area contributed by atoms with Gasteiger partial charge in [0, 0.05) is 24.4 Å². The average Bonchev–Trinajstić information content (AvgIpc) is 3.25. The number of ether oxygens (including phenoxy) is 1. The molecule has 3 rings (SSSR count). The van der Waals surface area contributed by atoms with Gasteiger partial charge in [0.2, 0.25) is 5.88 Å². The van der Waals surface area contributed by atoms with Crippen molar-refractivity contribution in [3.05, 3.63) is 54.0 Å². The molecule has 0 spiro atoms. The van der Waals surface area contributed by atoms with Crippen LogP contribution in [0.4, 0.5) is 0 Å². The molecule has 0 atom stereocenters. The van der Waals surface area contributed by atoms with E-state index in [1.807, 2.05) is 13.0 Å². The van der Waals surface area contributed by atoms with Crippen LogP contribution >= 0.6 is 0 Å². The molecule has 2 N–H and O–H groups in total. The first-order valence-corrected chi connectivity index (χ1v) is 7.22. The number of furan rings is 1. The number of aromatic nitrogens is 3. The maximum Gasteiger partial charge on any atom is 0.272 e. The Morgan fingerprint density at radius 2 is 2.30 bits per heavy atom. The molecule has 0 unspecified atom stereocenters. The number of aromatic amines is 1. The van der Waals surface area contributed by atoms with Gasteiger partial charge < -0.3 is 14.5 Å². The van der Waals surface area contributed by atoms with Crippen LogP contribution in [0.15, 0.2) is 47.2 Å². The van der Waals surface area contributed by atoms with E-state index in [2.05, 4.69) is 20.5 Å². The summed E-state index contributed by atoms with van der Waals surface area (Å²) in [4.78, 5) is 16.3. The zero-order valence-electron chi connectivity index (χ0n) is 12.6. The lowest BCUT2D eigenvalue weighted by Crippen LogP contribution is -2.23. The van der Waals surface area contributed by atoms with Crippen molar-refractivity contribution in [2.45, 2.75) is 13.5 Å². The number of hydrogen-bond donors (Lipinski definition) is 2. The number of H-pyrrole nitrogens is 1. The summed E-state index contributed by atoms with van der Waals surface area (Å²) in [6.45, 7) is 2.71. The Balaban J connectivity index is 1.66. The third-order valence-corrected chi connectivity index (χ3v) is 3.17. The van der Waals surface area contributed by atoms with Gasteiger partial charge in [-0.2, -0.15) is 5.10 Å². The van der Waals surface area contributed by atoms with Crippen LogP contribution in [0.5, 0.6) is 5.88 Å². The summed E-state index contributed by atoms with van der Waals surface area (Å²) in [5.74, 6) is 0.862. The fraction of sp³-hybridized carbons (Fsp3) is 0.188. The predicted molar refractivity (Wildman–Crippen MR) is 82.9 cm³/mol. The SMILES string of the molecule is CCOc1ncccc1CNC(=O)c1cc(-c2ccco2)[nH]n1. The smallest absolute Gasteiger partial charge is 0.272 e. The van der Waals surface area contributed by atoms with Crippen LogP contribution in [0.1, 0.15) is 23.0 Å². The Morgan fingerprint density at radius 1 is 1.39 bits per heavy atom. The van der Waals surface area contributed by atoms with Crippen molar-refractivity contribution < 1.29 is 13.9 Å². The Morgan fingerprint density at radius 3 is 3.09 bits per heavy atom. The van der Waals surface area contributed by atoms with Crippen molar-refractivity contribution in [2.75, 3.05) is 6.61 Å². The molecule has 0 radical (unpaired) electrons. The molecule has 7 heteroatoms. The molecule has 0 fully saturated rings. The molecular formula is C16H16N4O3. The number of nitrogens with one attached hydrogen (secondary N) is 2. The third-order valence-electron chi connectivity index (χ3n) is 3.17. The fourth-order valence-corrected chi connectivity index (χ4v) is 2.09. The van der Waals surface area contributed by atoms with Gasteiger partial charge in [0.1, 0.15) is 5.69 Å². The Kier molecular flexibility index (Phi) is 4.37. The van der Waals surface area contributed by atoms with E-state index in [0.29, 0.717) is 36.2 Å². The quantitative estimate of drug-likeness (QED) is 0.729. The molecule has 3 aromatic rings. The van der Waals surface area contributed by atoms with E-state index in [1.54, 1.807) is 36.7 Å². The normalized spacial score (nSPS) is 10.5. The molecule has 0 aromatic carbocycles. The molecule has 0 bridgehead atoms. The van der Waals surface area contributed by atoms with Gasteiger partial charge in [0.25, 0.3) is 5.91 Å². The van der Waals surface area contributed by atoms with Gasteiger partial charge in [-0.05, 0) is 25.1 Å². The van der Waals surface area contributed by atoms with Gasteiger partial charge >= 0.3 is 0 Å². The first-order valence-electron chi connectivity index (χ1n) is 7.22. The highest BCUT2D eigenvalue weighted by atomic mass is 16.5. The minimum atomic E-state index is -0.287. The van der Waals surface area contributed by atoms with Gasteiger partial charge in [0.05, 0.1) is 12.9 Å². The maximum atomic E-state index is 12.2. The lowest BCUT2D eigenvalue weighted by Gasteiger charge is -2.08. The summed E-state index contributed by atoms with van der Waals surface area (Å²) in [5.41, 5.74) is 1.75. The van der Waals surface area contributed by atoms with E-state index < -0.39 is 0 Å². The standard InChI is InChI=1S/C16H16N4O3/c1-2-22-16-11(5-3-7-17-16)10-18-15(21)13-9-12(19-20-13)14-6-4-8-23-14/h3-9H,2,10H2,1H3,(H,18,21)(H,19,20). The second-order valence-corrected chi connectivity index (χ2v) is 4.73. The van der Waals surface area contributed by atoms with Crippen molar-refractivity contribution in [2.24, 2.45) is 0 Å². The van der Waals surface area contributed by atoms with Crippen LogP contribution in [-0.4, -0.2) is 27.7 Å². The van der Waals surface area contributed by atoms with Crippen molar-refractivity contribution in [1.82, 2.24) is 20.5 Å².